The van der Waals surface area contributed by atoms with Gasteiger partial charge in [0, 0.05) is 0 Å². The van der Waals surface area contributed by atoms with E-state index in [0.717, 1.165) is 17.5 Å². The number of benzene rings is 2. The predicted molar refractivity (Wildman–Crippen MR) is 72.8 cm³/mol. The molecule has 0 aliphatic heterocycles. The highest BCUT2D eigenvalue weighted by Crippen LogP contribution is 2.26. The zero-order valence-corrected chi connectivity index (χ0v) is 11.1. The third-order valence-electron chi connectivity index (χ3n) is 3.17. The van der Waals surface area contributed by atoms with Gasteiger partial charge in [-0.1, -0.05) is 37.3 Å². The first-order chi connectivity index (χ1) is 9.15. The molecule has 0 fully saturated rings. The molecule has 19 heavy (non-hydrogen) atoms. The van der Waals surface area contributed by atoms with Gasteiger partial charge in [0.15, 0.2) is 11.6 Å². The maximum Gasteiger partial charge on any atom is 0.165 e. The summed E-state index contributed by atoms with van der Waals surface area (Å²) in [5.41, 5.74) is 2.43. The molecule has 0 saturated carbocycles. The monoisotopic (exact) mass is 260 g/mol. The largest absolute Gasteiger partial charge is 0.494 e. The Labute approximate surface area is 112 Å². The van der Waals surface area contributed by atoms with E-state index in [1.165, 1.54) is 19.2 Å². The standard InChI is InChI=1S/C16H17FO2/c1-3-11-5-4-6-12(9-11)16(18)13-7-8-15(19-2)14(17)10-13/h4-10,16,18H,3H2,1-2H3. The second-order valence-corrected chi connectivity index (χ2v) is 4.40. The molecule has 0 radical (unpaired) electrons. The van der Waals surface area contributed by atoms with Crippen molar-refractivity contribution in [3.8, 4) is 5.75 Å². The molecule has 0 spiro atoms. The van der Waals surface area contributed by atoms with Crippen LogP contribution in [0.25, 0.3) is 0 Å². The number of aliphatic hydroxyl groups excluding tert-OH is 1. The summed E-state index contributed by atoms with van der Waals surface area (Å²) in [6.07, 6.45) is 0.0734. The summed E-state index contributed by atoms with van der Waals surface area (Å²) in [5, 5.41) is 10.3. The van der Waals surface area contributed by atoms with Crippen LogP contribution in [0.2, 0.25) is 0 Å². The Morgan fingerprint density at radius 2 is 1.89 bits per heavy atom. The van der Waals surface area contributed by atoms with Crippen molar-refractivity contribution in [2.75, 3.05) is 7.11 Å². The summed E-state index contributed by atoms with van der Waals surface area (Å²) in [5.74, 6) is -0.288. The van der Waals surface area contributed by atoms with E-state index in [1.807, 2.05) is 24.3 Å². The molecule has 1 unspecified atom stereocenters. The lowest BCUT2D eigenvalue weighted by Crippen LogP contribution is -2.01. The van der Waals surface area contributed by atoms with E-state index in [1.54, 1.807) is 6.07 Å². The number of hydrogen-bond donors (Lipinski definition) is 1. The highest BCUT2D eigenvalue weighted by Gasteiger charge is 2.13. The fraction of sp³-hybridized carbons (Fsp3) is 0.250. The van der Waals surface area contributed by atoms with Gasteiger partial charge in [0.05, 0.1) is 7.11 Å². The average Bonchev–Trinajstić information content (AvgIpc) is 2.46. The van der Waals surface area contributed by atoms with Crippen LogP contribution in [0.4, 0.5) is 4.39 Å². The molecule has 0 saturated heterocycles. The second kappa shape index (κ2) is 5.85. The van der Waals surface area contributed by atoms with Crippen LogP contribution in [0.3, 0.4) is 0 Å². The summed E-state index contributed by atoms with van der Waals surface area (Å²) in [7, 11) is 1.42. The van der Waals surface area contributed by atoms with Gasteiger partial charge in [-0.25, -0.2) is 4.39 Å². The summed E-state index contributed by atoms with van der Waals surface area (Å²) < 4.78 is 18.5. The van der Waals surface area contributed by atoms with Gasteiger partial charge in [-0.05, 0) is 35.2 Å². The number of aliphatic hydroxyl groups is 1. The van der Waals surface area contributed by atoms with E-state index in [4.69, 9.17) is 4.74 Å². The van der Waals surface area contributed by atoms with E-state index in [0.29, 0.717) is 5.56 Å². The highest BCUT2D eigenvalue weighted by atomic mass is 19.1. The second-order valence-electron chi connectivity index (χ2n) is 4.40. The lowest BCUT2D eigenvalue weighted by molar-refractivity contribution is 0.219. The number of halogens is 1. The highest BCUT2D eigenvalue weighted by molar-refractivity contribution is 5.36. The normalized spacial score (nSPS) is 12.2. The minimum atomic E-state index is -0.827. The first kappa shape index (κ1) is 13.6. The van der Waals surface area contributed by atoms with Crippen LogP contribution in [0, 0.1) is 5.82 Å². The fourth-order valence-corrected chi connectivity index (χ4v) is 2.03. The van der Waals surface area contributed by atoms with Crippen LogP contribution < -0.4 is 4.74 Å². The molecule has 3 heteroatoms. The zero-order valence-electron chi connectivity index (χ0n) is 11.1. The Kier molecular flexibility index (Phi) is 4.17. The molecular formula is C16H17FO2. The average molecular weight is 260 g/mol. The Balaban J connectivity index is 2.32. The van der Waals surface area contributed by atoms with Gasteiger partial charge in [0.25, 0.3) is 0 Å². The van der Waals surface area contributed by atoms with Gasteiger partial charge in [-0.2, -0.15) is 0 Å². The predicted octanol–water partition coefficient (Wildman–Crippen LogP) is 3.48. The molecule has 0 heterocycles. The molecule has 0 aromatic heterocycles. The van der Waals surface area contributed by atoms with Gasteiger partial charge in [0.2, 0.25) is 0 Å². The molecule has 0 amide bonds. The van der Waals surface area contributed by atoms with Gasteiger partial charge in [-0.15, -0.1) is 0 Å². The van der Waals surface area contributed by atoms with Crippen LogP contribution in [0.5, 0.6) is 5.75 Å². The first-order valence-electron chi connectivity index (χ1n) is 6.26. The molecule has 1 N–H and O–H groups in total. The summed E-state index contributed by atoms with van der Waals surface area (Å²) in [6.45, 7) is 2.05. The molecular weight excluding hydrogens is 243 g/mol. The van der Waals surface area contributed by atoms with Gasteiger partial charge >= 0.3 is 0 Å². The maximum atomic E-state index is 13.6. The maximum absolute atomic E-state index is 13.6. The smallest absolute Gasteiger partial charge is 0.165 e. The van der Waals surface area contributed by atoms with Crippen molar-refractivity contribution in [1.82, 2.24) is 0 Å². The van der Waals surface area contributed by atoms with E-state index in [-0.39, 0.29) is 5.75 Å². The minimum Gasteiger partial charge on any atom is -0.494 e. The first-order valence-corrected chi connectivity index (χ1v) is 6.26. The van der Waals surface area contributed by atoms with Crippen LogP contribution in [-0.4, -0.2) is 12.2 Å². The minimum absolute atomic E-state index is 0.179. The summed E-state index contributed by atoms with van der Waals surface area (Å²) >= 11 is 0. The Morgan fingerprint density at radius 1 is 1.16 bits per heavy atom. The molecule has 2 rings (SSSR count). The lowest BCUT2D eigenvalue weighted by Gasteiger charge is -2.13. The van der Waals surface area contributed by atoms with Gasteiger partial charge in [0.1, 0.15) is 6.10 Å². The zero-order chi connectivity index (χ0) is 13.8. The topological polar surface area (TPSA) is 29.5 Å². The molecule has 2 aromatic rings. The van der Waals surface area contributed by atoms with E-state index >= 15 is 0 Å². The van der Waals surface area contributed by atoms with E-state index in [2.05, 4.69) is 6.92 Å². The quantitative estimate of drug-likeness (QED) is 0.912. The summed E-state index contributed by atoms with van der Waals surface area (Å²) in [6, 6.07) is 12.2. The number of methoxy groups -OCH3 is 1. The van der Waals surface area contributed by atoms with Crippen molar-refractivity contribution in [3.05, 3.63) is 65.0 Å². The third-order valence-corrected chi connectivity index (χ3v) is 3.17. The Bertz CT molecular complexity index is 566. The van der Waals surface area contributed by atoms with Gasteiger partial charge < -0.3 is 9.84 Å². The molecule has 0 bridgehead atoms. The van der Waals surface area contributed by atoms with Crippen molar-refractivity contribution in [1.29, 1.82) is 0 Å². The molecule has 0 aliphatic rings. The van der Waals surface area contributed by atoms with Crippen LogP contribution in [0.15, 0.2) is 42.5 Å². The number of aryl methyl sites for hydroxylation is 1. The van der Waals surface area contributed by atoms with Crippen molar-refractivity contribution < 1.29 is 14.2 Å². The van der Waals surface area contributed by atoms with E-state index < -0.39 is 11.9 Å². The van der Waals surface area contributed by atoms with Crippen molar-refractivity contribution in [2.24, 2.45) is 0 Å². The number of hydrogen-bond acceptors (Lipinski definition) is 2. The molecule has 2 nitrogen and oxygen atoms in total. The van der Waals surface area contributed by atoms with Crippen LogP contribution in [-0.2, 0) is 6.42 Å². The van der Waals surface area contributed by atoms with Gasteiger partial charge in [-0.3, -0.25) is 0 Å². The lowest BCUT2D eigenvalue weighted by atomic mass is 9.99. The molecule has 1 atom stereocenters. The Hall–Kier alpha value is -1.87. The Morgan fingerprint density at radius 3 is 2.53 bits per heavy atom. The van der Waals surface area contributed by atoms with Crippen molar-refractivity contribution >= 4 is 0 Å². The summed E-state index contributed by atoms with van der Waals surface area (Å²) in [4.78, 5) is 0. The third kappa shape index (κ3) is 2.93. The van der Waals surface area contributed by atoms with Crippen LogP contribution in [0.1, 0.15) is 29.7 Å². The molecule has 0 aliphatic carbocycles. The van der Waals surface area contributed by atoms with E-state index in [9.17, 15) is 9.50 Å². The SMILES string of the molecule is CCc1cccc(C(O)c2ccc(OC)c(F)c2)c1. The molecule has 2 aromatic carbocycles. The number of ether oxygens (including phenoxy) is 1. The van der Waals surface area contributed by atoms with Crippen molar-refractivity contribution in [3.63, 3.8) is 0 Å². The molecule has 100 valence electrons. The van der Waals surface area contributed by atoms with Crippen LogP contribution >= 0.6 is 0 Å². The van der Waals surface area contributed by atoms with Crippen molar-refractivity contribution in [2.45, 2.75) is 19.4 Å². The fourth-order valence-electron chi connectivity index (χ4n) is 2.03. The number of rotatable bonds is 4.